The van der Waals surface area contributed by atoms with Gasteiger partial charge in [0.1, 0.15) is 5.75 Å². The van der Waals surface area contributed by atoms with Crippen molar-refractivity contribution in [3.63, 3.8) is 0 Å². The highest BCUT2D eigenvalue weighted by molar-refractivity contribution is 5.36. The Morgan fingerprint density at radius 2 is 1.94 bits per heavy atom. The van der Waals surface area contributed by atoms with Gasteiger partial charge in [0.05, 0.1) is 6.61 Å². The van der Waals surface area contributed by atoms with Crippen LogP contribution in [0.25, 0.3) is 0 Å². The van der Waals surface area contributed by atoms with E-state index in [1.54, 1.807) is 0 Å². The van der Waals surface area contributed by atoms with Crippen LogP contribution in [0.4, 0.5) is 0 Å². The molecule has 0 saturated carbocycles. The summed E-state index contributed by atoms with van der Waals surface area (Å²) in [6.45, 7) is 8.01. The van der Waals surface area contributed by atoms with Crippen molar-refractivity contribution in [1.82, 2.24) is 0 Å². The zero-order chi connectivity index (χ0) is 12.0. The van der Waals surface area contributed by atoms with Crippen LogP contribution in [0.3, 0.4) is 0 Å². The molecule has 0 fully saturated rings. The molecule has 2 N–H and O–H groups in total. The minimum absolute atomic E-state index is 0.443. The largest absolute Gasteiger partial charge is 0.493 e. The first kappa shape index (κ1) is 13.0. The summed E-state index contributed by atoms with van der Waals surface area (Å²) in [7, 11) is 0. The first-order valence-corrected chi connectivity index (χ1v) is 6.12. The van der Waals surface area contributed by atoms with E-state index in [0.717, 1.165) is 18.8 Å². The predicted octanol–water partition coefficient (Wildman–Crippen LogP) is 3.17. The molecular formula is C14H23NO. The lowest BCUT2D eigenvalue weighted by Gasteiger charge is -2.21. The van der Waals surface area contributed by atoms with Gasteiger partial charge in [-0.05, 0) is 36.4 Å². The number of ether oxygens (including phenoxy) is 1. The molecule has 0 aromatic heterocycles. The molecule has 0 amide bonds. The molecule has 16 heavy (non-hydrogen) atoms. The van der Waals surface area contributed by atoms with Gasteiger partial charge in [-0.1, -0.05) is 39.0 Å². The molecule has 0 bridgehead atoms. The Labute approximate surface area is 98.8 Å². The second-order valence-corrected chi connectivity index (χ2v) is 4.39. The summed E-state index contributed by atoms with van der Waals surface area (Å²) in [6.07, 6.45) is 1.04. The summed E-state index contributed by atoms with van der Waals surface area (Å²) in [5, 5.41) is 0. The van der Waals surface area contributed by atoms with E-state index in [1.807, 2.05) is 12.1 Å². The Bertz CT molecular complexity index is 311. The first-order chi connectivity index (χ1) is 7.70. The zero-order valence-electron chi connectivity index (χ0n) is 10.6. The van der Waals surface area contributed by atoms with Gasteiger partial charge in [-0.25, -0.2) is 0 Å². The number of rotatable bonds is 6. The van der Waals surface area contributed by atoms with Crippen molar-refractivity contribution >= 4 is 0 Å². The molecule has 0 aliphatic heterocycles. The van der Waals surface area contributed by atoms with Crippen molar-refractivity contribution < 1.29 is 4.74 Å². The topological polar surface area (TPSA) is 35.2 Å². The summed E-state index contributed by atoms with van der Waals surface area (Å²) in [6, 6.07) is 8.27. The molecule has 1 aromatic rings. The fourth-order valence-corrected chi connectivity index (χ4v) is 1.71. The Hall–Kier alpha value is -1.02. The standard InChI is InChI=1S/C14H23NO/c1-4-9-16-14-8-6-5-7-13(14)12(3)11(2)10-15/h5-8,11-12H,4,9-10,15H2,1-3H3. The van der Waals surface area contributed by atoms with Gasteiger partial charge in [0, 0.05) is 0 Å². The molecule has 0 saturated heterocycles. The highest BCUT2D eigenvalue weighted by Gasteiger charge is 2.16. The van der Waals surface area contributed by atoms with Crippen molar-refractivity contribution in [2.75, 3.05) is 13.2 Å². The highest BCUT2D eigenvalue weighted by Crippen LogP contribution is 2.31. The average molecular weight is 221 g/mol. The molecule has 0 radical (unpaired) electrons. The van der Waals surface area contributed by atoms with Gasteiger partial charge in [-0.3, -0.25) is 0 Å². The molecular weight excluding hydrogens is 198 g/mol. The van der Waals surface area contributed by atoms with Crippen LogP contribution >= 0.6 is 0 Å². The van der Waals surface area contributed by atoms with Crippen molar-refractivity contribution in [3.8, 4) is 5.75 Å². The van der Waals surface area contributed by atoms with E-state index in [9.17, 15) is 0 Å². The monoisotopic (exact) mass is 221 g/mol. The number of hydrogen-bond donors (Lipinski definition) is 1. The molecule has 2 atom stereocenters. The molecule has 2 nitrogen and oxygen atoms in total. The molecule has 0 spiro atoms. The number of nitrogens with two attached hydrogens (primary N) is 1. The molecule has 0 heterocycles. The second kappa shape index (κ2) is 6.54. The first-order valence-electron chi connectivity index (χ1n) is 6.12. The molecule has 2 unspecified atom stereocenters. The minimum atomic E-state index is 0.443. The molecule has 0 aliphatic rings. The lowest BCUT2D eigenvalue weighted by Crippen LogP contribution is -2.17. The van der Waals surface area contributed by atoms with Crippen LogP contribution in [-0.2, 0) is 0 Å². The van der Waals surface area contributed by atoms with Gasteiger partial charge in [0.2, 0.25) is 0 Å². The third-order valence-electron chi connectivity index (χ3n) is 3.10. The van der Waals surface area contributed by atoms with Gasteiger partial charge >= 0.3 is 0 Å². The van der Waals surface area contributed by atoms with Crippen LogP contribution in [0.1, 0.15) is 38.7 Å². The summed E-state index contributed by atoms with van der Waals surface area (Å²) in [5.74, 6) is 1.93. The number of para-hydroxylation sites is 1. The van der Waals surface area contributed by atoms with Gasteiger partial charge in [0.25, 0.3) is 0 Å². The van der Waals surface area contributed by atoms with E-state index in [-0.39, 0.29) is 0 Å². The molecule has 1 rings (SSSR count). The third-order valence-corrected chi connectivity index (χ3v) is 3.10. The van der Waals surface area contributed by atoms with Gasteiger partial charge < -0.3 is 10.5 Å². The van der Waals surface area contributed by atoms with E-state index in [2.05, 4.69) is 32.9 Å². The lowest BCUT2D eigenvalue weighted by molar-refractivity contribution is 0.309. The fourth-order valence-electron chi connectivity index (χ4n) is 1.71. The summed E-state index contributed by atoms with van der Waals surface area (Å²) < 4.78 is 5.76. The maximum absolute atomic E-state index is 5.76. The predicted molar refractivity (Wildman–Crippen MR) is 68.9 cm³/mol. The van der Waals surface area contributed by atoms with Gasteiger partial charge in [0.15, 0.2) is 0 Å². The highest BCUT2D eigenvalue weighted by atomic mass is 16.5. The lowest BCUT2D eigenvalue weighted by atomic mass is 9.88. The van der Waals surface area contributed by atoms with E-state index in [0.29, 0.717) is 18.4 Å². The van der Waals surface area contributed by atoms with Gasteiger partial charge in [-0.2, -0.15) is 0 Å². The van der Waals surface area contributed by atoms with Crippen molar-refractivity contribution in [2.24, 2.45) is 11.7 Å². The molecule has 90 valence electrons. The average Bonchev–Trinajstić information content (AvgIpc) is 2.34. The smallest absolute Gasteiger partial charge is 0.122 e. The minimum Gasteiger partial charge on any atom is -0.493 e. The second-order valence-electron chi connectivity index (χ2n) is 4.39. The fraction of sp³-hybridized carbons (Fsp3) is 0.571. The van der Waals surface area contributed by atoms with Crippen LogP contribution in [0.2, 0.25) is 0 Å². The quantitative estimate of drug-likeness (QED) is 0.800. The molecule has 2 heteroatoms. The van der Waals surface area contributed by atoms with E-state index in [1.165, 1.54) is 5.56 Å². The zero-order valence-corrected chi connectivity index (χ0v) is 10.6. The summed E-state index contributed by atoms with van der Waals surface area (Å²) in [4.78, 5) is 0. The van der Waals surface area contributed by atoms with Crippen LogP contribution in [0.5, 0.6) is 5.75 Å². The van der Waals surface area contributed by atoms with E-state index < -0.39 is 0 Å². The van der Waals surface area contributed by atoms with E-state index >= 15 is 0 Å². The normalized spacial score (nSPS) is 14.5. The Kier molecular flexibility index (Phi) is 5.33. The Morgan fingerprint density at radius 1 is 1.25 bits per heavy atom. The SMILES string of the molecule is CCCOc1ccccc1C(C)C(C)CN. The van der Waals surface area contributed by atoms with Crippen molar-refractivity contribution in [3.05, 3.63) is 29.8 Å². The van der Waals surface area contributed by atoms with Gasteiger partial charge in [-0.15, -0.1) is 0 Å². The van der Waals surface area contributed by atoms with Crippen LogP contribution in [-0.4, -0.2) is 13.2 Å². The van der Waals surface area contributed by atoms with Crippen molar-refractivity contribution in [2.45, 2.75) is 33.1 Å². The van der Waals surface area contributed by atoms with Crippen molar-refractivity contribution in [1.29, 1.82) is 0 Å². The summed E-state index contributed by atoms with van der Waals surface area (Å²) >= 11 is 0. The van der Waals surface area contributed by atoms with E-state index in [4.69, 9.17) is 10.5 Å². The maximum Gasteiger partial charge on any atom is 0.122 e. The number of hydrogen-bond acceptors (Lipinski definition) is 2. The summed E-state index contributed by atoms with van der Waals surface area (Å²) in [5.41, 5.74) is 6.99. The van der Waals surface area contributed by atoms with Crippen LogP contribution < -0.4 is 10.5 Å². The Balaban J connectivity index is 2.84. The Morgan fingerprint density at radius 3 is 2.56 bits per heavy atom. The number of benzene rings is 1. The van der Waals surface area contributed by atoms with Crippen LogP contribution in [0.15, 0.2) is 24.3 Å². The maximum atomic E-state index is 5.76. The molecule has 1 aromatic carbocycles. The van der Waals surface area contributed by atoms with Crippen LogP contribution in [0, 0.1) is 5.92 Å². The third kappa shape index (κ3) is 3.24. The molecule has 0 aliphatic carbocycles.